The van der Waals surface area contributed by atoms with Gasteiger partial charge in [0.1, 0.15) is 0 Å². The van der Waals surface area contributed by atoms with Crippen molar-refractivity contribution in [2.24, 2.45) is 4.99 Å². The van der Waals surface area contributed by atoms with Gasteiger partial charge < -0.3 is 10.2 Å². The highest BCUT2D eigenvalue weighted by Crippen LogP contribution is 2.07. The van der Waals surface area contributed by atoms with Crippen molar-refractivity contribution in [3.8, 4) is 0 Å². The highest BCUT2D eigenvalue weighted by atomic mass is 15.2. The Bertz CT molecular complexity index is 192. The van der Waals surface area contributed by atoms with Gasteiger partial charge in [-0.15, -0.1) is 0 Å². The van der Waals surface area contributed by atoms with E-state index in [9.17, 15) is 0 Å². The van der Waals surface area contributed by atoms with E-state index in [4.69, 9.17) is 0 Å². The summed E-state index contributed by atoms with van der Waals surface area (Å²) in [4.78, 5) is 6.25. The quantitative estimate of drug-likeness (QED) is 0.524. The minimum Gasteiger partial charge on any atom is -0.336 e. The summed E-state index contributed by atoms with van der Waals surface area (Å²) in [5, 5.41) is 3.46. The van der Waals surface area contributed by atoms with Crippen molar-refractivity contribution in [2.45, 2.75) is 25.8 Å². The minimum atomic E-state index is 0.606. The maximum atomic E-state index is 4.15. The Morgan fingerprint density at radius 3 is 3.00 bits per heavy atom. The zero-order chi connectivity index (χ0) is 9.68. The fourth-order valence-corrected chi connectivity index (χ4v) is 1.62. The summed E-state index contributed by atoms with van der Waals surface area (Å²) in [6.07, 6.45) is 4.40. The Morgan fingerprint density at radius 2 is 2.54 bits per heavy atom. The standard InChI is InChI=1S/C10H19N3/c1-4-13(9(2)11-3)8-10-6-5-7-12-10/h4,10,12H,1,5-8H2,2-3H3. The lowest BCUT2D eigenvalue weighted by Crippen LogP contribution is -2.36. The molecule has 1 heterocycles. The first kappa shape index (κ1) is 10.3. The van der Waals surface area contributed by atoms with Crippen LogP contribution < -0.4 is 5.32 Å². The van der Waals surface area contributed by atoms with Crippen LogP contribution in [0.3, 0.4) is 0 Å². The van der Waals surface area contributed by atoms with E-state index in [0.717, 1.165) is 18.9 Å². The number of amidine groups is 1. The highest BCUT2D eigenvalue weighted by molar-refractivity contribution is 5.80. The molecule has 1 unspecified atom stereocenters. The van der Waals surface area contributed by atoms with Crippen LogP contribution in [0.25, 0.3) is 0 Å². The molecule has 1 atom stereocenters. The number of nitrogens with one attached hydrogen (secondary N) is 1. The lowest BCUT2D eigenvalue weighted by atomic mass is 10.2. The zero-order valence-corrected chi connectivity index (χ0v) is 8.58. The summed E-state index contributed by atoms with van der Waals surface area (Å²) in [6, 6.07) is 0.606. The van der Waals surface area contributed by atoms with E-state index >= 15 is 0 Å². The van der Waals surface area contributed by atoms with Gasteiger partial charge in [0, 0.05) is 19.6 Å². The molecule has 0 saturated carbocycles. The van der Waals surface area contributed by atoms with E-state index in [1.165, 1.54) is 12.8 Å². The van der Waals surface area contributed by atoms with Gasteiger partial charge in [0.05, 0.1) is 5.84 Å². The first-order valence-corrected chi connectivity index (χ1v) is 4.84. The van der Waals surface area contributed by atoms with Crippen molar-refractivity contribution >= 4 is 5.84 Å². The zero-order valence-electron chi connectivity index (χ0n) is 8.58. The lowest BCUT2D eigenvalue weighted by Gasteiger charge is -2.23. The Balaban J connectivity index is 2.43. The predicted molar refractivity (Wildman–Crippen MR) is 57.0 cm³/mol. The van der Waals surface area contributed by atoms with Crippen molar-refractivity contribution < 1.29 is 0 Å². The van der Waals surface area contributed by atoms with Crippen molar-refractivity contribution in [1.29, 1.82) is 0 Å². The highest BCUT2D eigenvalue weighted by Gasteiger charge is 2.16. The average molecular weight is 181 g/mol. The fourth-order valence-electron chi connectivity index (χ4n) is 1.62. The van der Waals surface area contributed by atoms with Gasteiger partial charge in [0.15, 0.2) is 0 Å². The smallest absolute Gasteiger partial charge is 0.0994 e. The van der Waals surface area contributed by atoms with Gasteiger partial charge in [-0.3, -0.25) is 4.99 Å². The Kier molecular flexibility index (Phi) is 3.96. The van der Waals surface area contributed by atoms with Crippen LogP contribution in [0.2, 0.25) is 0 Å². The molecule has 13 heavy (non-hydrogen) atoms. The molecule has 1 saturated heterocycles. The van der Waals surface area contributed by atoms with Crippen LogP contribution in [-0.2, 0) is 0 Å². The molecular formula is C10H19N3. The molecule has 0 spiro atoms. The summed E-state index contributed by atoms with van der Waals surface area (Å²) < 4.78 is 0. The molecule has 3 heteroatoms. The maximum Gasteiger partial charge on any atom is 0.0994 e. The second-order valence-corrected chi connectivity index (χ2v) is 3.40. The topological polar surface area (TPSA) is 27.6 Å². The van der Waals surface area contributed by atoms with Crippen molar-refractivity contribution in [3.05, 3.63) is 12.8 Å². The third kappa shape index (κ3) is 2.84. The molecule has 0 amide bonds. The molecule has 0 radical (unpaired) electrons. The molecule has 1 N–H and O–H groups in total. The number of hydrogen-bond acceptors (Lipinski definition) is 2. The van der Waals surface area contributed by atoms with Gasteiger partial charge >= 0.3 is 0 Å². The molecule has 1 aliphatic rings. The first-order chi connectivity index (χ1) is 6.27. The summed E-state index contributed by atoms with van der Waals surface area (Å²) in [5.41, 5.74) is 0. The largest absolute Gasteiger partial charge is 0.336 e. The average Bonchev–Trinajstić information content (AvgIpc) is 2.65. The molecular weight excluding hydrogens is 162 g/mol. The van der Waals surface area contributed by atoms with Crippen molar-refractivity contribution in [1.82, 2.24) is 10.2 Å². The van der Waals surface area contributed by atoms with E-state index in [2.05, 4.69) is 21.8 Å². The van der Waals surface area contributed by atoms with Crippen LogP contribution in [0.4, 0.5) is 0 Å². The van der Waals surface area contributed by atoms with E-state index in [-0.39, 0.29) is 0 Å². The van der Waals surface area contributed by atoms with Crippen molar-refractivity contribution in [2.75, 3.05) is 20.1 Å². The molecule has 1 fully saturated rings. The number of hydrogen-bond donors (Lipinski definition) is 1. The minimum absolute atomic E-state index is 0.606. The Morgan fingerprint density at radius 1 is 1.77 bits per heavy atom. The monoisotopic (exact) mass is 181 g/mol. The summed E-state index contributed by atoms with van der Waals surface area (Å²) >= 11 is 0. The van der Waals surface area contributed by atoms with E-state index in [0.29, 0.717) is 6.04 Å². The fraction of sp³-hybridized carbons (Fsp3) is 0.700. The third-order valence-corrected chi connectivity index (χ3v) is 2.54. The normalized spacial score (nSPS) is 23.2. The number of rotatable bonds is 3. The molecule has 1 aliphatic heterocycles. The van der Waals surface area contributed by atoms with Crippen LogP contribution in [-0.4, -0.2) is 36.9 Å². The molecule has 74 valence electrons. The van der Waals surface area contributed by atoms with Crippen LogP contribution in [0.1, 0.15) is 19.8 Å². The lowest BCUT2D eigenvalue weighted by molar-refractivity contribution is 0.453. The summed E-state index contributed by atoms with van der Waals surface area (Å²) in [6.45, 7) is 7.94. The number of nitrogens with zero attached hydrogens (tertiary/aromatic N) is 2. The van der Waals surface area contributed by atoms with Gasteiger partial charge in [-0.1, -0.05) is 6.58 Å². The van der Waals surface area contributed by atoms with Gasteiger partial charge in [0.2, 0.25) is 0 Å². The molecule has 3 nitrogen and oxygen atoms in total. The molecule has 0 bridgehead atoms. The summed E-state index contributed by atoms with van der Waals surface area (Å²) in [5.74, 6) is 1.03. The Labute approximate surface area is 80.5 Å². The summed E-state index contributed by atoms with van der Waals surface area (Å²) in [7, 11) is 1.81. The molecule has 0 aromatic heterocycles. The second kappa shape index (κ2) is 5.02. The second-order valence-electron chi connectivity index (χ2n) is 3.40. The van der Waals surface area contributed by atoms with Gasteiger partial charge in [-0.2, -0.15) is 0 Å². The van der Waals surface area contributed by atoms with Crippen LogP contribution in [0.5, 0.6) is 0 Å². The molecule has 0 aliphatic carbocycles. The molecule has 1 rings (SSSR count). The number of aliphatic imine (C=N–C) groups is 1. The first-order valence-electron chi connectivity index (χ1n) is 4.84. The van der Waals surface area contributed by atoms with Crippen LogP contribution in [0, 0.1) is 0 Å². The van der Waals surface area contributed by atoms with E-state index in [1.807, 2.05) is 20.2 Å². The van der Waals surface area contributed by atoms with Crippen LogP contribution >= 0.6 is 0 Å². The molecule has 0 aromatic rings. The van der Waals surface area contributed by atoms with Gasteiger partial charge in [-0.25, -0.2) is 0 Å². The van der Waals surface area contributed by atoms with E-state index in [1.54, 1.807) is 0 Å². The van der Waals surface area contributed by atoms with Crippen LogP contribution in [0.15, 0.2) is 17.8 Å². The SMILES string of the molecule is C=CN(CC1CCCN1)C(C)=NC. The van der Waals surface area contributed by atoms with Gasteiger partial charge in [-0.05, 0) is 32.5 Å². The third-order valence-electron chi connectivity index (χ3n) is 2.54. The maximum absolute atomic E-state index is 4.15. The van der Waals surface area contributed by atoms with Crippen molar-refractivity contribution in [3.63, 3.8) is 0 Å². The molecule has 0 aromatic carbocycles. The Hall–Kier alpha value is -0.830. The van der Waals surface area contributed by atoms with E-state index < -0.39 is 0 Å². The predicted octanol–water partition coefficient (Wildman–Crippen LogP) is 1.23. The van der Waals surface area contributed by atoms with Gasteiger partial charge in [0.25, 0.3) is 0 Å².